The van der Waals surface area contributed by atoms with Crippen LogP contribution < -0.4 is 10.1 Å². The zero-order valence-electron chi connectivity index (χ0n) is 17.8. The van der Waals surface area contributed by atoms with Gasteiger partial charge in [0.1, 0.15) is 11.4 Å². The highest BCUT2D eigenvalue weighted by Gasteiger charge is 2.20. The maximum absolute atomic E-state index is 13.1. The van der Waals surface area contributed by atoms with Crippen LogP contribution in [0.2, 0.25) is 0 Å². The van der Waals surface area contributed by atoms with E-state index in [1.807, 2.05) is 37.3 Å². The van der Waals surface area contributed by atoms with Crippen molar-refractivity contribution < 1.29 is 9.53 Å². The highest BCUT2D eigenvalue weighted by molar-refractivity contribution is 6.01. The number of ether oxygens (including phenoxy) is 1. The Morgan fingerprint density at radius 1 is 1.21 bits per heavy atom. The number of carbonyl (C=O) groups is 1. The summed E-state index contributed by atoms with van der Waals surface area (Å²) in [6, 6.07) is 14.4. The molecule has 3 rings (SSSR count). The van der Waals surface area contributed by atoms with E-state index in [0.29, 0.717) is 19.0 Å². The van der Waals surface area contributed by atoms with E-state index >= 15 is 0 Å². The molecule has 0 saturated heterocycles. The lowest BCUT2D eigenvalue weighted by molar-refractivity contribution is 0.0945. The lowest BCUT2D eigenvalue weighted by Crippen LogP contribution is -2.28. The molecule has 29 heavy (non-hydrogen) atoms. The summed E-state index contributed by atoms with van der Waals surface area (Å²) < 4.78 is 7.25. The number of amides is 1. The maximum Gasteiger partial charge on any atom is 0.268 e. The van der Waals surface area contributed by atoms with Crippen molar-refractivity contribution in [1.29, 1.82) is 0 Å². The van der Waals surface area contributed by atoms with Gasteiger partial charge in [-0.15, -0.1) is 6.58 Å². The minimum Gasteiger partial charge on any atom is -0.497 e. The van der Waals surface area contributed by atoms with Crippen LogP contribution in [0, 0.1) is 6.92 Å². The van der Waals surface area contributed by atoms with Gasteiger partial charge in [-0.25, -0.2) is 0 Å². The van der Waals surface area contributed by atoms with Crippen molar-refractivity contribution in [2.45, 2.75) is 39.7 Å². The second-order valence-corrected chi connectivity index (χ2v) is 7.66. The molecule has 0 atom stereocenters. The minimum atomic E-state index is -0.0415. The first-order chi connectivity index (χ1) is 14.0. The van der Waals surface area contributed by atoms with Crippen LogP contribution in [0.3, 0.4) is 0 Å². The molecule has 0 radical (unpaired) electrons. The predicted molar refractivity (Wildman–Crippen MR) is 120 cm³/mol. The predicted octanol–water partition coefficient (Wildman–Crippen LogP) is 5.24. The van der Waals surface area contributed by atoms with Gasteiger partial charge in [-0.3, -0.25) is 4.79 Å². The lowest BCUT2D eigenvalue weighted by atomic mass is 10.0. The maximum atomic E-state index is 13.1. The summed E-state index contributed by atoms with van der Waals surface area (Å²) in [4.78, 5) is 13.1. The van der Waals surface area contributed by atoms with Crippen LogP contribution in [0.15, 0.2) is 55.1 Å². The normalized spacial score (nSPS) is 11.1. The quantitative estimate of drug-likeness (QED) is 0.535. The van der Waals surface area contributed by atoms with E-state index in [-0.39, 0.29) is 5.91 Å². The number of rotatable bonds is 8. The van der Waals surface area contributed by atoms with Crippen molar-refractivity contribution in [3.05, 3.63) is 77.5 Å². The van der Waals surface area contributed by atoms with Crippen LogP contribution in [-0.4, -0.2) is 24.1 Å². The van der Waals surface area contributed by atoms with Gasteiger partial charge < -0.3 is 14.6 Å². The fourth-order valence-electron chi connectivity index (χ4n) is 3.71. The van der Waals surface area contributed by atoms with Crippen LogP contribution in [0.1, 0.15) is 46.9 Å². The molecule has 1 heterocycles. The van der Waals surface area contributed by atoms with Gasteiger partial charge in [0.25, 0.3) is 5.91 Å². The van der Waals surface area contributed by atoms with Crippen molar-refractivity contribution in [3.8, 4) is 5.75 Å². The molecule has 0 aliphatic carbocycles. The van der Waals surface area contributed by atoms with Crippen molar-refractivity contribution in [3.63, 3.8) is 0 Å². The van der Waals surface area contributed by atoms with Gasteiger partial charge in [0.2, 0.25) is 0 Å². The summed E-state index contributed by atoms with van der Waals surface area (Å²) in [6.45, 7) is 11.5. The second kappa shape index (κ2) is 8.99. The number of hydrogen-bond acceptors (Lipinski definition) is 2. The molecule has 0 fully saturated rings. The Balaban J connectivity index is 1.82. The standard InChI is InChI=1S/C25H30N2O2/c1-6-15-27-23-12-9-20(17(2)3)16-22(23)18(4)24(27)25(28)26-14-13-19-7-10-21(29-5)11-8-19/h6-12,16-17H,1,13-15H2,2-5H3,(H,26,28). The van der Waals surface area contributed by atoms with E-state index in [9.17, 15) is 4.79 Å². The summed E-state index contributed by atoms with van der Waals surface area (Å²) in [5.41, 5.74) is 5.26. The molecule has 0 aliphatic rings. The minimum absolute atomic E-state index is 0.0415. The number of fused-ring (bicyclic) bond motifs is 1. The highest BCUT2D eigenvalue weighted by atomic mass is 16.5. The molecular weight excluding hydrogens is 360 g/mol. The summed E-state index contributed by atoms with van der Waals surface area (Å²) in [7, 11) is 1.66. The van der Waals surface area contributed by atoms with Gasteiger partial charge in [0.15, 0.2) is 0 Å². The fraction of sp³-hybridized carbons (Fsp3) is 0.320. The Hall–Kier alpha value is -3.01. The summed E-state index contributed by atoms with van der Waals surface area (Å²) in [5, 5.41) is 4.23. The van der Waals surface area contributed by atoms with Crippen LogP contribution in [-0.2, 0) is 13.0 Å². The van der Waals surface area contributed by atoms with Crippen molar-refractivity contribution in [2.75, 3.05) is 13.7 Å². The van der Waals surface area contributed by atoms with E-state index in [1.165, 1.54) is 5.56 Å². The van der Waals surface area contributed by atoms with Gasteiger partial charge in [-0.05, 0) is 60.2 Å². The van der Waals surface area contributed by atoms with Crippen LogP contribution in [0.4, 0.5) is 0 Å². The van der Waals surface area contributed by atoms with E-state index < -0.39 is 0 Å². The van der Waals surface area contributed by atoms with Gasteiger partial charge in [-0.1, -0.05) is 38.1 Å². The first-order valence-electron chi connectivity index (χ1n) is 10.1. The van der Waals surface area contributed by atoms with Gasteiger partial charge >= 0.3 is 0 Å². The summed E-state index contributed by atoms with van der Waals surface area (Å²) >= 11 is 0. The highest BCUT2D eigenvalue weighted by Crippen LogP contribution is 2.29. The molecule has 0 spiro atoms. The third-order valence-corrected chi connectivity index (χ3v) is 5.39. The number of aryl methyl sites for hydroxylation is 1. The number of methoxy groups -OCH3 is 1. The molecular formula is C25H30N2O2. The molecule has 2 aromatic carbocycles. The monoisotopic (exact) mass is 390 g/mol. The Morgan fingerprint density at radius 3 is 2.55 bits per heavy atom. The topological polar surface area (TPSA) is 43.3 Å². The van der Waals surface area contributed by atoms with Crippen molar-refractivity contribution >= 4 is 16.8 Å². The second-order valence-electron chi connectivity index (χ2n) is 7.66. The SMILES string of the molecule is C=CCn1c(C(=O)NCCc2ccc(OC)cc2)c(C)c2cc(C(C)C)ccc21. The fourth-order valence-corrected chi connectivity index (χ4v) is 3.71. The van der Waals surface area contributed by atoms with Gasteiger partial charge in [0.05, 0.1) is 7.11 Å². The number of nitrogens with zero attached hydrogens (tertiary/aromatic N) is 1. The Kier molecular flexibility index (Phi) is 6.42. The van der Waals surface area contributed by atoms with Gasteiger partial charge in [-0.2, -0.15) is 0 Å². The first kappa shape index (κ1) is 20.7. The Bertz CT molecular complexity index is 1010. The smallest absolute Gasteiger partial charge is 0.268 e. The number of allylic oxidation sites excluding steroid dienone is 1. The molecule has 1 amide bonds. The van der Waals surface area contributed by atoms with E-state index in [2.05, 4.69) is 48.5 Å². The van der Waals surface area contributed by atoms with E-state index in [0.717, 1.165) is 39.9 Å². The average Bonchev–Trinajstić information content (AvgIpc) is 3.00. The van der Waals surface area contributed by atoms with Crippen LogP contribution >= 0.6 is 0 Å². The Morgan fingerprint density at radius 2 is 1.93 bits per heavy atom. The molecule has 0 aliphatic heterocycles. The number of benzene rings is 2. The molecule has 4 nitrogen and oxygen atoms in total. The molecule has 1 aromatic heterocycles. The number of aromatic nitrogens is 1. The molecule has 0 bridgehead atoms. The molecule has 0 saturated carbocycles. The zero-order chi connectivity index (χ0) is 21.0. The third-order valence-electron chi connectivity index (χ3n) is 5.39. The van der Waals surface area contributed by atoms with Crippen LogP contribution in [0.5, 0.6) is 5.75 Å². The number of carbonyl (C=O) groups excluding carboxylic acids is 1. The number of nitrogens with one attached hydrogen (secondary N) is 1. The molecule has 0 unspecified atom stereocenters. The van der Waals surface area contributed by atoms with E-state index in [1.54, 1.807) is 7.11 Å². The third kappa shape index (κ3) is 4.37. The Labute approximate surface area is 173 Å². The molecule has 1 N–H and O–H groups in total. The zero-order valence-corrected chi connectivity index (χ0v) is 17.8. The number of hydrogen-bond donors (Lipinski definition) is 1. The molecule has 4 heteroatoms. The van der Waals surface area contributed by atoms with E-state index in [4.69, 9.17) is 4.74 Å². The summed E-state index contributed by atoms with van der Waals surface area (Å²) in [6.07, 6.45) is 2.61. The van der Waals surface area contributed by atoms with Gasteiger partial charge in [0, 0.05) is 24.0 Å². The molecule has 152 valence electrons. The molecule has 3 aromatic rings. The summed E-state index contributed by atoms with van der Waals surface area (Å²) in [5.74, 6) is 1.24. The van der Waals surface area contributed by atoms with Crippen molar-refractivity contribution in [1.82, 2.24) is 9.88 Å². The van der Waals surface area contributed by atoms with Crippen LogP contribution in [0.25, 0.3) is 10.9 Å². The lowest BCUT2D eigenvalue weighted by Gasteiger charge is -2.11. The van der Waals surface area contributed by atoms with Crippen molar-refractivity contribution in [2.24, 2.45) is 0 Å². The average molecular weight is 391 g/mol. The first-order valence-corrected chi connectivity index (χ1v) is 10.1. The largest absolute Gasteiger partial charge is 0.497 e.